The molecule has 1 heterocycles. The molecule has 0 bridgehead atoms. The fourth-order valence-corrected chi connectivity index (χ4v) is 3.62. The Labute approximate surface area is 144 Å². The molecule has 3 atom stereocenters. The topological polar surface area (TPSA) is 95.2 Å². The summed E-state index contributed by atoms with van der Waals surface area (Å²) < 4.78 is 19.1. The number of hydrogen-bond donors (Lipinski definition) is 3. The number of fused-ring (bicyclic) bond motifs is 1. The molecule has 6 nitrogen and oxygen atoms in total. The highest BCUT2D eigenvalue weighted by Gasteiger charge is 2.51. The smallest absolute Gasteiger partial charge is 0.313 e. The van der Waals surface area contributed by atoms with Gasteiger partial charge in [-0.2, -0.15) is 0 Å². The van der Waals surface area contributed by atoms with E-state index in [1.54, 1.807) is 19.9 Å². The van der Waals surface area contributed by atoms with E-state index in [4.69, 9.17) is 4.74 Å². The predicted octanol–water partition coefficient (Wildman–Crippen LogP) is 1.85. The maximum Gasteiger partial charge on any atom is 0.313 e. The van der Waals surface area contributed by atoms with Gasteiger partial charge >= 0.3 is 5.97 Å². The minimum Gasteiger partial charge on any atom is -0.463 e. The summed E-state index contributed by atoms with van der Waals surface area (Å²) in [5.74, 6) is -2.93. The fraction of sp³-hybridized carbons (Fsp3) is 0.444. The Morgan fingerprint density at radius 2 is 2.12 bits per heavy atom. The number of carbonyl (C=O) groups is 1. The van der Waals surface area contributed by atoms with Gasteiger partial charge in [0, 0.05) is 23.6 Å². The van der Waals surface area contributed by atoms with Crippen molar-refractivity contribution in [2.45, 2.75) is 44.8 Å². The molecule has 0 radical (unpaired) electrons. The third kappa shape index (κ3) is 3.11. The Bertz CT molecular complexity index is 853. The van der Waals surface area contributed by atoms with E-state index in [-0.39, 0.29) is 18.1 Å². The van der Waals surface area contributed by atoms with Crippen LogP contribution in [0.4, 0.5) is 4.39 Å². The molecular weight excluding hydrogens is 327 g/mol. The highest BCUT2D eigenvalue weighted by molar-refractivity contribution is 5.77. The van der Waals surface area contributed by atoms with Crippen LogP contribution in [-0.2, 0) is 16.0 Å². The van der Waals surface area contributed by atoms with Crippen molar-refractivity contribution in [2.75, 3.05) is 0 Å². The molecule has 0 saturated carbocycles. The molecule has 1 aliphatic rings. The Morgan fingerprint density at radius 1 is 1.40 bits per heavy atom. The van der Waals surface area contributed by atoms with Crippen LogP contribution in [0.5, 0.6) is 0 Å². The summed E-state index contributed by atoms with van der Waals surface area (Å²) in [6.07, 6.45) is -0.285. The SMILES string of the molecule is CC(C)OC(=O)[C@@H]1[C@@H](c2cccc(F)c2)c2c([nH][nH]c2=O)C[C@]1(C)O. The quantitative estimate of drug-likeness (QED) is 0.738. The molecule has 0 spiro atoms. The Kier molecular flexibility index (Phi) is 4.28. The van der Waals surface area contributed by atoms with Gasteiger partial charge in [-0.3, -0.25) is 14.7 Å². The van der Waals surface area contributed by atoms with Crippen molar-refractivity contribution < 1.29 is 19.0 Å². The fourth-order valence-electron chi connectivity index (χ4n) is 3.62. The van der Waals surface area contributed by atoms with Gasteiger partial charge in [0.05, 0.1) is 17.6 Å². The van der Waals surface area contributed by atoms with Gasteiger partial charge in [0.15, 0.2) is 0 Å². The molecule has 7 heteroatoms. The molecule has 1 aromatic heterocycles. The van der Waals surface area contributed by atoms with Crippen molar-refractivity contribution in [3.63, 3.8) is 0 Å². The van der Waals surface area contributed by atoms with Crippen LogP contribution in [0.1, 0.15) is 43.5 Å². The minimum atomic E-state index is -1.46. The highest BCUT2D eigenvalue weighted by atomic mass is 19.1. The first-order chi connectivity index (χ1) is 11.7. The molecule has 1 aliphatic carbocycles. The van der Waals surface area contributed by atoms with Crippen LogP contribution in [0.25, 0.3) is 0 Å². The van der Waals surface area contributed by atoms with E-state index in [2.05, 4.69) is 10.2 Å². The van der Waals surface area contributed by atoms with Crippen LogP contribution in [0.2, 0.25) is 0 Å². The van der Waals surface area contributed by atoms with Gasteiger partial charge in [-0.25, -0.2) is 4.39 Å². The molecular formula is C18H21FN2O4. The number of H-pyrrole nitrogens is 2. The van der Waals surface area contributed by atoms with Gasteiger partial charge in [0.1, 0.15) is 5.82 Å². The number of hydrogen-bond acceptors (Lipinski definition) is 4. The average Bonchev–Trinajstić information content (AvgIpc) is 2.84. The van der Waals surface area contributed by atoms with E-state index < -0.39 is 29.2 Å². The van der Waals surface area contributed by atoms with Gasteiger partial charge in [0.2, 0.25) is 0 Å². The second-order valence-corrected chi connectivity index (χ2v) is 7.00. The Balaban J connectivity index is 2.20. The van der Waals surface area contributed by atoms with Crippen LogP contribution in [0.15, 0.2) is 29.1 Å². The molecule has 0 amide bonds. The first-order valence-electron chi connectivity index (χ1n) is 8.18. The Morgan fingerprint density at radius 3 is 2.76 bits per heavy atom. The van der Waals surface area contributed by atoms with Crippen molar-refractivity contribution in [2.24, 2.45) is 5.92 Å². The van der Waals surface area contributed by atoms with Crippen molar-refractivity contribution in [1.82, 2.24) is 10.2 Å². The predicted molar refractivity (Wildman–Crippen MR) is 88.7 cm³/mol. The molecule has 134 valence electrons. The van der Waals surface area contributed by atoms with E-state index in [1.807, 2.05) is 0 Å². The maximum atomic E-state index is 13.8. The first-order valence-corrected chi connectivity index (χ1v) is 8.18. The molecule has 0 saturated heterocycles. The third-order valence-corrected chi connectivity index (χ3v) is 4.56. The van der Waals surface area contributed by atoms with Gasteiger partial charge < -0.3 is 14.9 Å². The number of halogens is 1. The summed E-state index contributed by atoms with van der Waals surface area (Å²) in [5, 5.41) is 16.2. The average molecular weight is 348 g/mol. The summed E-state index contributed by atoms with van der Waals surface area (Å²) in [5.41, 5.74) is -0.555. The molecule has 3 rings (SSSR count). The standard InChI is InChI=1S/C18H21FN2O4/c1-9(2)25-17(23)15-13(10-5-4-6-11(19)7-10)14-12(8-18(15,3)24)20-21-16(14)22/h4-7,9,13,15,24H,8H2,1-3H3,(H2,20,21,22)/t13-,15-,18-/m0/s1. The van der Waals surface area contributed by atoms with Crippen LogP contribution in [0, 0.1) is 11.7 Å². The number of nitrogens with one attached hydrogen (secondary N) is 2. The lowest BCUT2D eigenvalue weighted by atomic mass is 9.66. The number of benzene rings is 1. The Hall–Kier alpha value is -2.41. The zero-order valence-corrected chi connectivity index (χ0v) is 14.3. The van der Waals surface area contributed by atoms with Crippen molar-refractivity contribution in [3.05, 3.63) is 57.3 Å². The number of rotatable bonds is 3. The van der Waals surface area contributed by atoms with E-state index in [0.29, 0.717) is 16.8 Å². The normalized spacial score (nSPS) is 25.7. The zero-order chi connectivity index (χ0) is 18.4. The van der Waals surface area contributed by atoms with Gasteiger partial charge in [-0.1, -0.05) is 12.1 Å². The summed E-state index contributed by atoms with van der Waals surface area (Å²) >= 11 is 0. The van der Waals surface area contributed by atoms with Crippen molar-refractivity contribution in [3.8, 4) is 0 Å². The van der Waals surface area contributed by atoms with Crippen molar-refractivity contribution >= 4 is 5.97 Å². The molecule has 0 fully saturated rings. The lowest BCUT2D eigenvalue weighted by Gasteiger charge is -2.40. The van der Waals surface area contributed by atoms with Gasteiger partial charge in [-0.05, 0) is 38.5 Å². The lowest BCUT2D eigenvalue weighted by Crippen LogP contribution is -2.50. The van der Waals surface area contributed by atoms with Crippen LogP contribution in [-0.4, -0.2) is 33.0 Å². The molecule has 25 heavy (non-hydrogen) atoms. The maximum absolute atomic E-state index is 13.8. The number of aliphatic hydroxyl groups is 1. The van der Waals surface area contributed by atoms with Crippen molar-refractivity contribution in [1.29, 1.82) is 0 Å². The third-order valence-electron chi connectivity index (χ3n) is 4.56. The second-order valence-electron chi connectivity index (χ2n) is 7.00. The molecule has 0 unspecified atom stereocenters. The monoisotopic (exact) mass is 348 g/mol. The number of aromatic nitrogens is 2. The molecule has 3 N–H and O–H groups in total. The van der Waals surface area contributed by atoms with Crippen LogP contribution < -0.4 is 5.56 Å². The van der Waals surface area contributed by atoms with E-state index in [0.717, 1.165) is 0 Å². The summed E-state index contributed by atoms with van der Waals surface area (Å²) in [7, 11) is 0. The van der Waals surface area contributed by atoms with Gasteiger partial charge in [-0.15, -0.1) is 0 Å². The lowest BCUT2D eigenvalue weighted by molar-refractivity contribution is -0.163. The molecule has 2 aromatic rings. The van der Waals surface area contributed by atoms with E-state index in [9.17, 15) is 19.1 Å². The number of aromatic amines is 2. The zero-order valence-electron chi connectivity index (χ0n) is 14.3. The summed E-state index contributed by atoms with van der Waals surface area (Å²) in [6, 6.07) is 5.71. The van der Waals surface area contributed by atoms with Gasteiger partial charge in [0.25, 0.3) is 5.56 Å². The van der Waals surface area contributed by atoms with E-state index >= 15 is 0 Å². The highest BCUT2D eigenvalue weighted by Crippen LogP contribution is 2.44. The number of esters is 1. The first kappa shape index (κ1) is 17.4. The molecule has 0 aliphatic heterocycles. The summed E-state index contributed by atoms with van der Waals surface area (Å²) in [4.78, 5) is 25.1. The largest absolute Gasteiger partial charge is 0.463 e. The molecule has 1 aromatic carbocycles. The number of carbonyl (C=O) groups excluding carboxylic acids is 1. The van der Waals surface area contributed by atoms with Crippen LogP contribution in [0.3, 0.4) is 0 Å². The number of ether oxygens (including phenoxy) is 1. The summed E-state index contributed by atoms with van der Waals surface area (Å²) in [6.45, 7) is 4.95. The van der Waals surface area contributed by atoms with Crippen LogP contribution >= 0.6 is 0 Å². The second kappa shape index (κ2) is 6.15. The minimum absolute atomic E-state index is 0.0880. The van der Waals surface area contributed by atoms with E-state index in [1.165, 1.54) is 25.1 Å².